The number of carbonyl (C=O) groups is 2. The van der Waals surface area contributed by atoms with Gasteiger partial charge in [0.05, 0.1) is 6.54 Å². The van der Waals surface area contributed by atoms with E-state index in [1.807, 2.05) is 22.1 Å². The Hall–Kier alpha value is -3.52. The second-order valence-corrected chi connectivity index (χ2v) is 9.30. The molecule has 0 saturated carbocycles. The van der Waals surface area contributed by atoms with Crippen molar-refractivity contribution < 1.29 is 18.4 Å². The number of benzene rings is 2. The van der Waals surface area contributed by atoms with Gasteiger partial charge in [-0.2, -0.15) is 0 Å². The number of nitrogens with zero attached hydrogens (tertiary/aromatic N) is 2. The molecule has 168 valence electrons. The van der Waals surface area contributed by atoms with Crippen LogP contribution in [-0.2, 0) is 24.4 Å². The Balaban J connectivity index is 1.50. The van der Waals surface area contributed by atoms with Gasteiger partial charge < -0.3 is 14.8 Å². The third kappa shape index (κ3) is 3.80. The molecule has 0 aliphatic carbocycles. The van der Waals surface area contributed by atoms with Crippen LogP contribution in [-0.4, -0.2) is 26.8 Å². The van der Waals surface area contributed by atoms with E-state index >= 15 is 0 Å². The first-order valence-electron chi connectivity index (χ1n) is 10.5. The Morgan fingerprint density at radius 3 is 2.61 bits per heavy atom. The van der Waals surface area contributed by atoms with Gasteiger partial charge in [-0.15, -0.1) is 11.3 Å². The second kappa shape index (κ2) is 8.12. The Morgan fingerprint density at radius 1 is 1.06 bits per heavy atom. The molecule has 0 saturated heterocycles. The molecule has 1 N–H and O–H groups in total. The fourth-order valence-corrected chi connectivity index (χ4v) is 5.20. The molecule has 0 radical (unpaired) electrons. The van der Waals surface area contributed by atoms with Crippen LogP contribution in [0.15, 0.2) is 66.0 Å². The lowest BCUT2D eigenvalue weighted by Crippen LogP contribution is -2.63. The number of fused-ring (bicyclic) bond motifs is 3. The molecule has 5 nitrogen and oxygen atoms in total. The van der Waals surface area contributed by atoms with Gasteiger partial charge in [0, 0.05) is 18.5 Å². The molecule has 33 heavy (non-hydrogen) atoms. The van der Waals surface area contributed by atoms with Crippen LogP contribution in [0, 0.1) is 11.6 Å². The molecule has 4 aromatic rings. The summed E-state index contributed by atoms with van der Waals surface area (Å²) >= 11 is 1.52. The highest BCUT2D eigenvalue weighted by atomic mass is 32.1. The predicted octanol–water partition coefficient (Wildman–Crippen LogP) is 4.71. The minimum atomic E-state index is -1.22. The molecule has 8 heteroatoms. The quantitative estimate of drug-likeness (QED) is 0.464. The summed E-state index contributed by atoms with van der Waals surface area (Å²) in [6.45, 7) is 2.29. The maximum Gasteiger partial charge on any atom is 0.271 e. The smallest absolute Gasteiger partial charge is 0.271 e. The zero-order chi connectivity index (χ0) is 23.2. The maximum atomic E-state index is 13.8. The summed E-state index contributed by atoms with van der Waals surface area (Å²) in [4.78, 5) is 29.6. The molecule has 0 fully saturated rings. The number of hydrogen-bond donors (Lipinski definition) is 1. The molecule has 2 aromatic heterocycles. The van der Waals surface area contributed by atoms with Crippen LogP contribution in [0.1, 0.15) is 28.5 Å². The van der Waals surface area contributed by atoms with E-state index in [-0.39, 0.29) is 37.3 Å². The van der Waals surface area contributed by atoms with Crippen molar-refractivity contribution in [2.45, 2.75) is 32.1 Å². The molecule has 2 amide bonds. The van der Waals surface area contributed by atoms with Crippen LogP contribution in [0.5, 0.6) is 0 Å². The van der Waals surface area contributed by atoms with Crippen molar-refractivity contribution in [1.82, 2.24) is 14.8 Å². The minimum absolute atomic E-state index is 0.0931. The van der Waals surface area contributed by atoms with Crippen molar-refractivity contribution in [3.63, 3.8) is 0 Å². The fourth-order valence-electron chi connectivity index (χ4n) is 4.30. The van der Waals surface area contributed by atoms with E-state index in [1.54, 1.807) is 31.2 Å². The third-order valence-electron chi connectivity index (χ3n) is 6.11. The fraction of sp³-hybridized carbons (Fsp3) is 0.200. The summed E-state index contributed by atoms with van der Waals surface area (Å²) in [6.07, 6.45) is 0. The van der Waals surface area contributed by atoms with Crippen LogP contribution in [0.3, 0.4) is 0 Å². The SMILES string of the molecule is C[C@]1(C(=O)NCc2ccc(F)cc2)Cn2c(cc3ccsc32)C(=O)N1Cc1cccc(F)c1. The summed E-state index contributed by atoms with van der Waals surface area (Å²) in [7, 11) is 0. The van der Waals surface area contributed by atoms with Crippen LogP contribution < -0.4 is 5.32 Å². The zero-order valence-electron chi connectivity index (χ0n) is 17.8. The maximum absolute atomic E-state index is 13.8. The monoisotopic (exact) mass is 465 g/mol. The second-order valence-electron chi connectivity index (χ2n) is 8.40. The van der Waals surface area contributed by atoms with Gasteiger partial charge in [-0.3, -0.25) is 9.59 Å². The molecule has 1 aliphatic heterocycles. The first kappa shape index (κ1) is 21.3. The Labute approximate surface area is 193 Å². The number of carbonyl (C=O) groups excluding carboxylic acids is 2. The number of thiophene rings is 1. The molecule has 2 aromatic carbocycles. The van der Waals surface area contributed by atoms with E-state index in [9.17, 15) is 18.4 Å². The number of nitrogens with one attached hydrogen (secondary N) is 1. The average molecular weight is 466 g/mol. The largest absolute Gasteiger partial charge is 0.350 e. The van der Waals surface area contributed by atoms with E-state index < -0.39 is 11.4 Å². The van der Waals surface area contributed by atoms with E-state index in [4.69, 9.17) is 0 Å². The number of amides is 2. The van der Waals surface area contributed by atoms with Gasteiger partial charge >= 0.3 is 0 Å². The van der Waals surface area contributed by atoms with Crippen LogP contribution in [0.25, 0.3) is 10.2 Å². The molecule has 0 bridgehead atoms. The highest BCUT2D eigenvalue weighted by molar-refractivity contribution is 7.16. The Kier molecular flexibility index (Phi) is 5.25. The molecule has 5 rings (SSSR count). The van der Waals surface area contributed by atoms with Crippen LogP contribution in [0.4, 0.5) is 8.78 Å². The molecular formula is C25H21F2N3O2S. The van der Waals surface area contributed by atoms with Gasteiger partial charge in [0.25, 0.3) is 5.91 Å². The van der Waals surface area contributed by atoms with Crippen molar-refractivity contribution in [3.05, 3.63) is 94.5 Å². The topological polar surface area (TPSA) is 54.3 Å². The van der Waals surface area contributed by atoms with Crippen molar-refractivity contribution in [3.8, 4) is 0 Å². The lowest BCUT2D eigenvalue weighted by Gasteiger charge is -2.44. The van der Waals surface area contributed by atoms with Gasteiger partial charge in [0.2, 0.25) is 5.91 Å². The molecule has 1 aliphatic rings. The van der Waals surface area contributed by atoms with Crippen molar-refractivity contribution >= 4 is 33.4 Å². The first-order chi connectivity index (χ1) is 15.8. The van der Waals surface area contributed by atoms with E-state index in [0.29, 0.717) is 11.3 Å². The van der Waals surface area contributed by atoms with Gasteiger partial charge in [0.1, 0.15) is 27.7 Å². The van der Waals surface area contributed by atoms with Crippen LogP contribution >= 0.6 is 11.3 Å². The van der Waals surface area contributed by atoms with Gasteiger partial charge in [0.15, 0.2) is 0 Å². The minimum Gasteiger partial charge on any atom is -0.350 e. The lowest BCUT2D eigenvalue weighted by atomic mass is 9.93. The Bertz CT molecular complexity index is 1360. The lowest BCUT2D eigenvalue weighted by molar-refractivity contribution is -0.133. The van der Waals surface area contributed by atoms with Gasteiger partial charge in [-0.1, -0.05) is 24.3 Å². The summed E-state index contributed by atoms with van der Waals surface area (Å²) in [5, 5.41) is 5.80. The third-order valence-corrected chi connectivity index (χ3v) is 7.07. The molecule has 1 atom stereocenters. The molecule has 0 unspecified atom stereocenters. The summed E-state index contributed by atoms with van der Waals surface area (Å²) in [5.74, 6) is -1.37. The number of aromatic nitrogens is 1. The molecule has 0 spiro atoms. The molecule has 3 heterocycles. The van der Waals surface area contributed by atoms with Crippen LogP contribution in [0.2, 0.25) is 0 Å². The zero-order valence-corrected chi connectivity index (χ0v) is 18.7. The van der Waals surface area contributed by atoms with E-state index in [2.05, 4.69) is 5.32 Å². The average Bonchev–Trinajstić information content (AvgIpc) is 3.38. The highest BCUT2D eigenvalue weighted by Crippen LogP contribution is 2.35. The summed E-state index contributed by atoms with van der Waals surface area (Å²) in [5.41, 5.74) is 0.640. The van der Waals surface area contributed by atoms with Crippen molar-refractivity contribution in [2.24, 2.45) is 0 Å². The standard InChI is InChI=1S/C25H21F2N3O2S/c1-25(24(32)28-13-16-5-7-19(26)8-6-16)15-29-21(12-18-9-10-33-23(18)29)22(31)30(25)14-17-3-2-4-20(27)11-17/h2-12H,13-15H2,1H3,(H,28,32)/t25-/m1/s1. The van der Waals surface area contributed by atoms with Gasteiger partial charge in [-0.25, -0.2) is 8.78 Å². The summed E-state index contributed by atoms with van der Waals surface area (Å²) < 4.78 is 28.9. The predicted molar refractivity (Wildman–Crippen MR) is 123 cm³/mol. The number of hydrogen-bond acceptors (Lipinski definition) is 3. The number of halogens is 2. The highest BCUT2D eigenvalue weighted by Gasteiger charge is 2.47. The van der Waals surface area contributed by atoms with Crippen molar-refractivity contribution in [2.75, 3.05) is 0 Å². The van der Waals surface area contributed by atoms with Gasteiger partial charge in [-0.05, 0) is 59.8 Å². The molecular weight excluding hydrogens is 444 g/mol. The first-order valence-corrected chi connectivity index (χ1v) is 11.4. The summed E-state index contributed by atoms with van der Waals surface area (Å²) in [6, 6.07) is 15.7. The van der Waals surface area contributed by atoms with E-state index in [0.717, 1.165) is 15.8 Å². The number of rotatable bonds is 5. The Morgan fingerprint density at radius 2 is 1.85 bits per heavy atom. The van der Waals surface area contributed by atoms with E-state index in [1.165, 1.54) is 40.5 Å². The van der Waals surface area contributed by atoms with Crippen molar-refractivity contribution in [1.29, 1.82) is 0 Å². The normalized spacial score (nSPS) is 17.9.